The van der Waals surface area contributed by atoms with Gasteiger partial charge < -0.3 is 20.1 Å². The highest BCUT2D eigenvalue weighted by molar-refractivity contribution is 7.89. The predicted molar refractivity (Wildman–Crippen MR) is 115 cm³/mol. The number of benzene rings is 1. The number of morpholine rings is 2. The van der Waals surface area contributed by atoms with E-state index in [1.54, 1.807) is 0 Å². The molecule has 1 aromatic carbocycles. The Morgan fingerprint density at radius 3 is 2.50 bits per heavy atom. The molecule has 0 spiro atoms. The van der Waals surface area contributed by atoms with E-state index in [1.807, 2.05) is 38.1 Å². The Hall–Kier alpha value is -1.72. The number of sulfonamides is 1. The standard InChI is InChI=1S/C20H32N4O5S/c1-16-13-24(14-17(2)29-16)30(26,27)12-7-21-20(25)22-19-6-4-3-5-18(19)15-23-8-10-28-11-9-23/h3-6,16-17H,7-15H2,1-2H3,(H2,21,22,25)/t16-,17-/m0/s1. The molecule has 0 aromatic heterocycles. The average Bonchev–Trinajstić information content (AvgIpc) is 2.69. The summed E-state index contributed by atoms with van der Waals surface area (Å²) in [7, 11) is -3.45. The second-order valence-corrected chi connectivity index (χ2v) is 9.91. The number of amides is 2. The predicted octanol–water partition coefficient (Wildman–Crippen LogP) is 1.08. The van der Waals surface area contributed by atoms with Crippen LogP contribution >= 0.6 is 0 Å². The van der Waals surface area contributed by atoms with Gasteiger partial charge in [0.05, 0.1) is 31.2 Å². The maximum absolute atomic E-state index is 12.6. The van der Waals surface area contributed by atoms with Crippen molar-refractivity contribution in [2.24, 2.45) is 0 Å². The number of rotatable bonds is 7. The molecule has 30 heavy (non-hydrogen) atoms. The summed E-state index contributed by atoms with van der Waals surface area (Å²) < 4.78 is 37.6. The van der Waals surface area contributed by atoms with Gasteiger partial charge in [0.1, 0.15) is 0 Å². The quantitative estimate of drug-likeness (QED) is 0.658. The minimum atomic E-state index is -3.45. The molecule has 0 unspecified atom stereocenters. The summed E-state index contributed by atoms with van der Waals surface area (Å²) in [5, 5.41) is 5.50. The molecule has 3 rings (SSSR count). The summed E-state index contributed by atoms with van der Waals surface area (Å²) in [5.41, 5.74) is 1.73. The van der Waals surface area contributed by atoms with E-state index >= 15 is 0 Å². The largest absolute Gasteiger partial charge is 0.379 e. The molecule has 2 N–H and O–H groups in total. The molecule has 2 amide bonds. The number of hydrogen-bond donors (Lipinski definition) is 2. The first kappa shape index (κ1) is 23.0. The highest BCUT2D eigenvalue weighted by Crippen LogP contribution is 2.18. The van der Waals surface area contributed by atoms with E-state index < -0.39 is 16.1 Å². The van der Waals surface area contributed by atoms with Crippen LogP contribution in [0.1, 0.15) is 19.4 Å². The molecule has 0 bridgehead atoms. The third kappa shape index (κ3) is 6.64. The fourth-order valence-electron chi connectivity index (χ4n) is 3.73. The van der Waals surface area contributed by atoms with Crippen LogP contribution in [0.15, 0.2) is 24.3 Å². The van der Waals surface area contributed by atoms with E-state index in [0.717, 1.165) is 30.9 Å². The van der Waals surface area contributed by atoms with Gasteiger partial charge in [0.2, 0.25) is 10.0 Å². The number of carbonyl (C=O) groups is 1. The number of hydrogen-bond acceptors (Lipinski definition) is 6. The van der Waals surface area contributed by atoms with Crippen molar-refractivity contribution >= 4 is 21.7 Å². The van der Waals surface area contributed by atoms with Gasteiger partial charge in [-0.05, 0) is 25.5 Å². The molecule has 2 aliphatic rings. The molecule has 2 fully saturated rings. The molecular formula is C20H32N4O5S. The summed E-state index contributed by atoms with van der Waals surface area (Å²) in [4.78, 5) is 14.6. The lowest BCUT2D eigenvalue weighted by atomic mass is 10.1. The lowest BCUT2D eigenvalue weighted by Gasteiger charge is -2.34. The molecule has 10 heteroatoms. The summed E-state index contributed by atoms with van der Waals surface area (Å²) >= 11 is 0. The minimum absolute atomic E-state index is 0.0416. The molecule has 0 radical (unpaired) electrons. The maximum Gasteiger partial charge on any atom is 0.319 e. The number of ether oxygens (including phenoxy) is 2. The molecule has 1 aromatic rings. The van der Waals surface area contributed by atoms with E-state index in [4.69, 9.17) is 9.47 Å². The zero-order valence-electron chi connectivity index (χ0n) is 17.7. The van der Waals surface area contributed by atoms with E-state index in [0.29, 0.717) is 26.3 Å². The summed E-state index contributed by atoms with van der Waals surface area (Å²) in [5.74, 6) is -0.144. The van der Waals surface area contributed by atoms with Crippen LogP contribution in [0.4, 0.5) is 10.5 Å². The number of nitrogens with zero attached hydrogens (tertiary/aromatic N) is 2. The summed E-state index contributed by atoms with van der Waals surface area (Å²) in [6.07, 6.45) is -0.273. The van der Waals surface area contributed by atoms with E-state index in [2.05, 4.69) is 15.5 Å². The minimum Gasteiger partial charge on any atom is -0.379 e. The zero-order chi connectivity index (χ0) is 21.6. The van der Waals surface area contributed by atoms with Gasteiger partial charge in [-0.25, -0.2) is 13.2 Å². The molecule has 2 heterocycles. The van der Waals surface area contributed by atoms with Gasteiger partial charge in [0, 0.05) is 45.0 Å². The first-order chi connectivity index (χ1) is 14.3. The lowest BCUT2D eigenvalue weighted by Crippen LogP contribution is -2.49. The van der Waals surface area contributed by atoms with Gasteiger partial charge in [-0.3, -0.25) is 4.90 Å². The number of nitrogens with one attached hydrogen (secondary N) is 2. The van der Waals surface area contributed by atoms with Crippen molar-refractivity contribution in [2.45, 2.75) is 32.6 Å². The van der Waals surface area contributed by atoms with Crippen LogP contribution in [0.2, 0.25) is 0 Å². The molecule has 2 atom stereocenters. The fourth-order valence-corrected chi connectivity index (χ4v) is 5.22. The second kappa shape index (κ2) is 10.5. The Morgan fingerprint density at radius 2 is 1.80 bits per heavy atom. The number of urea groups is 1. The maximum atomic E-state index is 12.6. The van der Waals surface area contributed by atoms with Crippen LogP contribution in [0.5, 0.6) is 0 Å². The fraction of sp³-hybridized carbons (Fsp3) is 0.650. The van der Waals surface area contributed by atoms with Crippen molar-refractivity contribution in [2.75, 3.05) is 57.0 Å². The van der Waals surface area contributed by atoms with Crippen LogP contribution in [-0.2, 0) is 26.0 Å². The number of carbonyl (C=O) groups excluding carboxylic acids is 1. The monoisotopic (exact) mass is 440 g/mol. The summed E-state index contributed by atoms with van der Waals surface area (Å²) in [6, 6.07) is 7.22. The smallest absolute Gasteiger partial charge is 0.319 e. The Kier molecular flexibility index (Phi) is 8.06. The topological polar surface area (TPSA) is 100 Å². The first-order valence-corrected chi connectivity index (χ1v) is 12.0. The third-order valence-corrected chi connectivity index (χ3v) is 6.99. The molecule has 2 saturated heterocycles. The highest BCUT2D eigenvalue weighted by atomic mass is 32.2. The van der Waals surface area contributed by atoms with Gasteiger partial charge in [0.15, 0.2) is 0 Å². The normalized spacial score (nSPS) is 23.8. The van der Waals surface area contributed by atoms with Gasteiger partial charge >= 0.3 is 6.03 Å². The first-order valence-electron chi connectivity index (χ1n) is 10.4. The van der Waals surface area contributed by atoms with Crippen LogP contribution in [0.3, 0.4) is 0 Å². The van der Waals surface area contributed by atoms with Crippen molar-refractivity contribution < 1.29 is 22.7 Å². The van der Waals surface area contributed by atoms with Gasteiger partial charge in [0.25, 0.3) is 0 Å². The Balaban J connectivity index is 1.49. The van der Waals surface area contributed by atoms with Crippen molar-refractivity contribution in [3.63, 3.8) is 0 Å². The average molecular weight is 441 g/mol. The highest BCUT2D eigenvalue weighted by Gasteiger charge is 2.30. The van der Waals surface area contributed by atoms with Gasteiger partial charge in [-0.2, -0.15) is 4.31 Å². The van der Waals surface area contributed by atoms with Crippen molar-refractivity contribution in [3.8, 4) is 0 Å². The number of anilines is 1. The molecule has 168 valence electrons. The molecule has 0 aliphatic carbocycles. The van der Waals surface area contributed by atoms with Crippen LogP contribution < -0.4 is 10.6 Å². The van der Waals surface area contributed by atoms with E-state index in [1.165, 1.54) is 4.31 Å². The summed E-state index contributed by atoms with van der Waals surface area (Å²) in [6.45, 7) is 8.31. The molecule has 9 nitrogen and oxygen atoms in total. The van der Waals surface area contributed by atoms with Crippen LogP contribution in [0.25, 0.3) is 0 Å². The zero-order valence-corrected chi connectivity index (χ0v) is 18.5. The Bertz CT molecular complexity index is 803. The third-order valence-electron chi connectivity index (χ3n) is 5.19. The van der Waals surface area contributed by atoms with E-state index in [9.17, 15) is 13.2 Å². The Morgan fingerprint density at radius 1 is 1.13 bits per heavy atom. The van der Waals surface area contributed by atoms with Crippen molar-refractivity contribution in [1.29, 1.82) is 0 Å². The van der Waals surface area contributed by atoms with E-state index in [-0.39, 0.29) is 24.5 Å². The number of para-hydroxylation sites is 1. The second-order valence-electron chi connectivity index (χ2n) is 7.82. The molecular weight excluding hydrogens is 408 g/mol. The van der Waals surface area contributed by atoms with Crippen molar-refractivity contribution in [1.82, 2.24) is 14.5 Å². The Labute approximate surface area is 178 Å². The van der Waals surface area contributed by atoms with Crippen LogP contribution in [-0.4, -0.2) is 87.6 Å². The van der Waals surface area contributed by atoms with Gasteiger partial charge in [-0.15, -0.1) is 0 Å². The van der Waals surface area contributed by atoms with Gasteiger partial charge in [-0.1, -0.05) is 18.2 Å². The van der Waals surface area contributed by atoms with Crippen LogP contribution in [0, 0.1) is 0 Å². The van der Waals surface area contributed by atoms with Crippen molar-refractivity contribution in [3.05, 3.63) is 29.8 Å². The SMILES string of the molecule is C[C@H]1CN(S(=O)(=O)CCNC(=O)Nc2ccccc2CN2CCOCC2)C[C@H](C)O1. The molecule has 0 saturated carbocycles. The lowest BCUT2D eigenvalue weighted by molar-refractivity contribution is -0.0440. The molecule has 2 aliphatic heterocycles.